The molecule has 112 valence electrons. The Balaban J connectivity index is 2.10. The van der Waals surface area contributed by atoms with Gasteiger partial charge in [0.1, 0.15) is 5.65 Å². The molecular formula is C13H16BrN5O2. The van der Waals surface area contributed by atoms with Crippen LogP contribution in [0.3, 0.4) is 0 Å². The van der Waals surface area contributed by atoms with Crippen molar-refractivity contribution in [1.82, 2.24) is 9.97 Å². The van der Waals surface area contributed by atoms with Gasteiger partial charge in [-0.05, 0) is 22.4 Å². The van der Waals surface area contributed by atoms with Crippen molar-refractivity contribution in [1.29, 1.82) is 0 Å². The summed E-state index contributed by atoms with van der Waals surface area (Å²) >= 11 is 3.53. The van der Waals surface area contributed by atoms with E-state index in [1.807, 2.05) is 0 Å². The third-order valence-electron chi connectivity index (χ3n) is 3.60. The fourth-order valence-corrected chi connectivity index (χ4v) is 3.21. The van der Waals surface area contributed by atoms with Crippen LogP contribution in [0.1, 0.15) is 6.42 Å². The zero-order valence-corrected chi connectivity index (χ0v) is 12.8. The standard InChI is InChI=1S/C13H16BrN5O2/c14-8-3-16-13-11(9(4-17-13)18-10(21)6-20)12(8)19-2-1-7(15)5-19/h3-4,6-7,10,18,21H,1-2,5,15H2,(H,16,17)/t7?,10-/m1/s1. The van der Waals surface area contributed by atoms with Gasteiger partial charge in [0, 0.05) is 31.5 Å². The number of aliphatic hydroxyl groups is 1. The maximum Gasteiger partial charge on any atom is 0.181 e. The number of H-pyrrole nitrogens is 1. The number of aromatic amines is 1. The van der Waals surface area contributed by atoms with Crippen LogP contribution in [0.15, 0.2) is 16.9 Å². The first-order valence-corrected chi connectivity index (χ1v) is 7.45. The molecule has 0 aromatic carbocycles. The van der Waals surface area contributed by atoms with Crippen molar-refractivity contribution in [2.75, 3.05) is 23.3 Å². The Morgan fingerprint density at radius 3 is 3.14 bits per heavy atom. The molecule has 5 N–H and O–H groups in total. The average Bonchev–Trinajstić information content (AvgIpc) is 3.06. The number of carbonyl (C=O) groups excluding carboxylic acids is 1. The van der Waals surface area contributed by atoms with E-state index < -0.39 is 6.23 Å². The lowest BCUT2D eigenvalue weighted by molar-refractivity contribution is -0.113. The molecule has 1 unspecified atom stereocenters. The Kier molecular flexibility index (Phi) is 3.83. The number of nitrogens with zero attached hydrogens (tertiary/aromatic N) is 2. The summed E-state index contributed by atoms with van der Waals surface area (Å²) in [5.74, 6) is 0. The van der Waals surface area contributed by atoms with Crippen LogP contribution in [-0.2, 0) is 4.79 Å². The molecule has 3 heterocycles. The average molecular weight is 354 g/mol. The third-order valence-corrected chi connectivity index (χ3v) is 4.18. The van der Waals surface area contributed by atoms with Gasteiger partial charge in [-0.25, -0.2) is 4.98 Å². The zero-order chi connectivity index (χ0) is 15.0. The number of aliphatic hydroxyl groups excluding tert-OH is 1. The minimum atomic E-state index is -1.25. The first kappa shape index (κ1) is 14.3. The summed E-state index contributed by atoms with van der Waals surface area (Å²) < 4.78 is 0.854. The lowest BCUT2D eigenvalue weighted by Crippen LogP contribution is -2.27. The highest BCUT2D eigenvalue weighted by molar-refractivity contribution is 9.10. The van der Waals surface area contributed by atoms with E-state index in [0.29, 0.717) is 17.6 Å². The molecule has 0 amide bonds. The first-order valence-electron chi connectivity index (χ1n) is 6.66. The Morgan fingerprint density at radius 2 is 2.48 bits per heavy atom. The van der Waals surface area contributed by atoms with Gasteiger partial charge >= 0.3 is 0 Å². The van der Waals surface area contributed by atoms with Gasteiger partial charge in [0.15, 0.2) is 12.5 Å². The summed E-state index contributed by atoms with van der Waals surface area (Å²) in [7, 11) is 0. The minimum absolute atomic E-state index is 0.149. The van der Waals surface area contributed by atoms with Gasteiger partial charge in [0.25, 0.3) is 0 Å². The maximum atomic E-state index is 10.6. The molecule has 8 heteroatoms. The zero-order valence-electron chi connectivity index (χ0n) is 11.2. The van der Waals surface area contributed by atoms with Gasteiger partial charge in [-0.3, -0.25) is 4.79 Å². The van der Waals surface area contributed by atoms with Crippen molar-refractivity contribution in [2.24, 2.45) is 5.73 Å². The van der Waals surface area contributed by atoms with Crippen LogP contribution < -0.4 is 16.0 Å². The third kappa shape index (κ3) is 2.61. The van der Waals surface area contributed by atoms with Crippen molar-refractivity contribution >= 4 is 44.6 Å². The second kappa shape index (κ2) is 5.63. The molecule has 0 aliphatic carbocycles. The fourth-order valence-electron chi connectivity index (χ4n) is 2.66. The van der Waals surface area contributed by atoms with E-state index in [1.54, 1.807) is 12.4 Å². The van der Waals surface area contributed by atoms with Crippen LogP contribution in [0.25, 0.3) is 11.0 Å². The van der Waals surface area contributed by atoms with Gasteiger partial charge in [0.05, 0.1) is 21.2 Å². The molecule has 2 aromatic rings. The highest BCUT2D eigenvalue weighted by Crippen LogP contribution is 2.39. The molecule has 0 bridgehead atoms. The van der Waals surface area contributed by atoms with Crippen LogP contribution in [0.2, 0.25) is 0 Å². The van der Waals surface area contributed by atoms with E-state index in [1.165, 1.54) is 0 Å². The number of hydrogen-bond acceptors (Lipinski definition) is 6. The van der Waals surface area contributed by atoms with Crippen LogP contribution in [0, 0.1) is 0 Å². The number of halogens is 1. The molecule has 7 nitrogen and oxygen atoms in total. The monoisotopic (exact) mass is 353 g/mol. The van der Waals surface area contributed by atoms with Crippen molar-refractivity contribution in [3.8, 4) is 0 Å². The molecule has 2 aromatic heterocycles. The van der Waals surface area contributed by atoms with E-state index in [-0.39, 0.29) is 6.04 Å². The van der Waals surface area contributed by atoms with Crippen LogP contribution in [0.4, 0.5) is 11.4 Å². The molecule has 2 atom stereocenters. The van der Waals surface area contributed by atoms with Crippen molar-refractivity contribution in [2.45, 2.75) is 18.7 Å². The quantitative estimate of drug-likeness (QED) is 0.478. The topological polar surface area (TPSA) is 107 Å². The number of hydrogen-bond donors (Lipinski definition) is 4. The summed E-state index contributed by atoms with van der Waals surface area (Å²) in [6.45, 7) is 1.62. The highest BCUT2D eigenvalue weighted by atomic mass is 79.9. The SMILES string of the molecule is NC1CCN(c2c(Br)cnc3[nH]cc(N[C@H](O)C=O)c23)C1. The molecule has 1 aliphatic heterocycles. The Bertz CT molecular complexity index is 674. The Hall–Kier alpha value is -1.64. The summed E-state index contributed by atoms with van der Waals surface area (Å²) in [6.07, 6.45) is 3.54. The van der Waals surface area contributed by atoms with E-state index in [2.05, 4.69) is 36.1 Å². The predicted octanol–water partition coefficient (Wildman–Crippen LogP) is 0.792. The summed E-state index contributed by atoms with van der Waals surface area (Å²) in [5, 5.41) is 13.1. The maximum absolute atomic E-state index is 10.6. The molecule has 0 radical (unpaired) electrons. The van der Waals surface area contributed by atoms with Crippen molar-refractivity contribution in [3.05, 3.63) is 16.9 Å². The molecule has 3 rings (SSSR count). The summed E-state index contributed by atoms with van der Waals surface area (Å²) in [5.41, 5.74) is 8.28. The molecule has 1 aliphatic rings. The van der Waals surface area contributed by atoms with E-state index >= 15 is 0 Å². The number of aldehydes is 1. The normalized spacial score (nSPS) is 20.0. The van der Waals surface area contributed by atoms with Crippen LogP contribution in [0.5, 0.6) is 0 Å². The van der Waals surface area contributed by atoms with Gasteiger partial charge in [-0.15, -0.1) is 0 Å². The Labute approximate surface area is 129 Å². The number of nitrogens with two attached hydrogens (primary N) is 1. The number of fused-ring (bicyclic) bond motifs is 1. The van der Waals surface area contributed by atoms with E-state index in [0.717, 1.165) is 35.1 Å². The fraction of sp³-hybridized carbons (Fsp3) is 0.385. The van der Waals surface area contributed by atoms with Crippen LogP contribution in [-0.4, -0.2) is 46.7 Å². The largest absolute Gasteiger partial charge is 0.368 e. The molecular weight excluding hydrogens is 338 g/mol. The number of pyridine rings is 1. The first-order chi connectivity index (χ1) is 10.1. The Morgan fingerprint density at radius 1 is 1.67 bits per heavy atom. The van der Waals surface area contributed by atoms with Gasteiger partial charge in [0.2, 0.25) is 0 Å². The van der Waals surface area contributed by atoms with Gasteiger partial charge < -0.3 is 26.0 Å². The summed E-state index contributed by atoms with van der Waals surface area (Å²) in [4.78, 5) is 20.2. The summed E-state index contributed by atoms with van der Waals surface area (Å²) in [6, 6.07) is 0.149. The van der Waals surface area contributed by atoms with E-state index in [4.69, 9.17) is 5.73 Å². The van der Waals surface area contributed by atoms with Crippen LogP contribution >= 0.6 is 15.9 Å². The number of nitrogens with one attached hydrogen (secondary N) is 2. The molecule has 0 saturated carbocycles. The second-order valence-electron chi connectivity index (χ2n) is 5.10. The van der Waals surface area contributed by atoms with Gasteiger partial charge in [-0.1, -0.05) is 0 Å². The number of anilines is 2. The second-order valence-corrected chi connectivity index (χ2v) is 5.96. The lowest BCUT2D eigenvalue weighted by Gasteiger charge is -2.21. The van der Waals surface area contributed by atoms with Crippen molar-refractivity contribution in [3.63, 3.8) is 0 Å². The predicted molar refractivity (Wildman–Crippen MR) is 84.3 cm³/mol. The van der Waals surface area contributed by atoms with Crippen molar-refractivity contribution < 1.29 is 9.90 Å². The number of rotatable bonds is 4. The molecule has 21 heavy (non-hydrogen) atoms. The molecule has 1 saturated heterocycles. The number of carbonyl (C=O) groups is 1. The number of aromatic nitrogens is 2. The molecule has 0 spiro atoms. The molecule has 1 fully saturated rings. The van der Waals surface area contributed by atoms with Gasteiger partial charge in [-0.2, -0.15) is 0 Å². The minimum Gasteiger partial charge on any atom is -0.368 e. The van der Waals surface area contributed by atoms with E-state index in [9.17, 15) is 9.90 Å². The smallest absolute Gasteiger partial charge is 0.181 e. The lowest BCUT2D eigenvalue weighted by atomic mass is 10.2. The highest BCUT2D eigenvalue weighted by Gasteiger charge is 2.25.